The Kier molecular flexibility index (Phi) is 3.16. The fourth-order valence-corrected chi connectivity index (χ4v) is 3.51. The molecule has 2 rings (SSSR count). The molecule has 1 saturated carbocycles. The highest BCUT2D eigenvalue weighted by Crippen LogP contribution is 2.28. The SMILES string of the molecule is CC1CCCCC1OC1C=CS(=O)(=O)C1. The molecule has 0 bridgehead atoms. The Balaban J connectivity index is 1.90. The van der Waals surface area contributed by atoms with E-state index < -0.39 is 9.84 Å². The molecule has 1 heterocycles. The highest BCUT2D eigenvalue weighted by Gasteiger charge is 2.28. The number of hydrogen-bond donors (Lipinski definition) is 0. The molecule has 0 spiro atoms. The van der Waals surface area contributed by atoms with E-state index in [9.17, 15) is 8.42 Å². The van der Waals surface area contributed by atoms with Crippen LogP contribution >= 0.6 is 0 Å². The predicted molar refractivity (Wildman–Crippen MR) is 59.2 cm³/mol. The lowest BCUT2D eigenvalue weighted by Gasteiger charge is -2.30. The lowest BCUT2D eigenvalue weighted by molar-refractivity contribution is -0.0264. The Morgan fingerprint density at radius 2 is 2.00 bits per heavy atom. The smallest absolute Gasteiger partial charge is 0.174 e. The number of hydrogen-bond acceptors (Lipinski definition) is 3. The third-order valence-electron chi connectivity index (χ3n) is 3.28. The van der Waals surface area contributed by atoms with E-state index in [0.717, 1.165) is 6.42 Å². The summed E-state index contributed by atoms with van der Waals surface area (Å²) < 4.78 is 28.2. The van der Waals surface area contributed by atoms with Gasteiger partial charge >= 0.3 is 0 Å². The van der Waals surface area contributed by atoms with Gasteiger partial charge in [0.25, 0.3) is 0 Å². The minimum atomic E-state index is -2.97. The molecule has 0 aromatic heterocycles. The van der Waals surface area contributed by atoms with Crippen LogP contribution < -0.4 is 0 Å². The quantitative estimate of drug-likeness (QED) is 0.727. The molecular formula is C11H18O3S. The van der Waals surface area contributed by atoms with Gasteiger partial charge in [0, 0.05) is 5.41 Å². The van der Waals surface area contributed by atoms with Crippen molar-refractivity contribution in [3.63, 3.8) is 0 Å². The maximum absolute atomic E-state index is 11.2. The molecule has 2 aliphatic rings. The fourth-order valence-electron chi connectivity index (χ4n) is 2.34. The zero-order chi connectivity index (χ0) is 10.9. The van der Waals surface area contributed by atoms with Crippen molar-refractivity contribution in [2.75, 3.05) is 5.75 Å². The summed E-state index contributed by atoms with van der Waals surface area (Å²) in [5.41, 5.74) is 0. The van der Waals surface area contributed by atoms with Gasteiger partial charge in [-0.15, -0.1) is 0 Å². The zero-order valence-corrected chi connectivity index (χ0v) is 9.87. The molecule has 0 aromatic rings. The van der Waals surface area contributed by atoms with Gasteiger partial charge in [-0.2, -0.15) is 0 Å². The Morgan fingerprint density at radius 3 is 2.60 bits per heavy atom. The van der Waals surface area contributed by atoms with Crippen LogP contribution in [0.4, 0.5) is 0 Å². The predicted octanol–water partition coefficient (Wildman–Crippen LogP) is 1.89. The van der Waals surface area contributed by atoms with Crippen LogP contribution in [0.25, 0.3) is 0 Å². The second-order valence-electron chi connectivity index (χ2n) is 4.63. The Bertz CT molecular complexity index is 345. The summed E-state index contributed by atoms with van der Waals surface area (Å²) >= 11 is 0. The fraction of sp³-hybridized carbons (Fsp3) is 0.818. The van der Waals surface area contributed by atoms with Gasteiger partial charge in [-0.25, -0.2) is 8.42 Å². The van der Waals surface area contributed by atoms with Gasteiger partial charge in [0.15, 0.2) is 9.84 Å². The van der Waals surface area contributed by atoms with Crippen molar-refractivity contribution < 1.29 is 13.2 Å². The molecule has 4 heteroatoms. The monoisotopic (exact) mass is 230 g/mol. The summed E-state index contributed by atoms with van der Waals surface area (Å²) in [7, 11) is -2.97. The summed E-state index contributed by atoms with van der Waals surface area (Å²) in [6.07, 6.45) is 6.48. The summed E-state index contributed by atoms with van der Waals surface area (Å²) in [6.45, 7) is 2.19. The van der Waals surface area contributed by atoms with E-state index in [2.05, 4.69) is 6.92 Å². The van der Waals surface area contributed by atoms with Gasteiger partial charge in [0.1, 0.15) is 0 Å². The molecule has 1 aliphatic carbocycles. The molecule has 0 saturated heterocycles. The number of rotatable bonds is 2. The second-order valence-corrected chi connectivity index (χ2v) is 6.56. The maximum Gasteiger partial charge on any atom is 0.174 e. The number of sulfone groups is 1. The molecular weight excluding hydrogens is 212 g/mol. The highest BCUT2D eigenvalue weighted by molar-refractivity contribution is 7.94. The van der Waals surface area contributed by atoms with Crippen molar-refractivity contribution in [3.8, 4) is 0 Å². The third-order valence-corrected chi connectivity index (χ3v) is 4.64. The van der Waals surface area contributed by atoms with Crippen molar-refractivity contribution in [2.24, 2.45) is 5.92 Å². The van der Waals surface area contributed by atoms with E-state index in [4.69, 9.17) is 4.74 Å². The summed E-state index contributed by atoms with van der Waals surface area (Å²) in [5, 5.41) is 1.28. The molecule has 3 atom stereocenters. The average molecular weight is 230 g/mol. The minimum absolute atomic E-state index is 0.135. The Morgan fingerprint density at radius 1 is 1.27 bits per heavy atom. The van der Waals surface area contributed by atoms with Crippen LogP contribution in [0.1, 0.15) is 32.6 Å². The van der Waals surface area contributed by atoms with Gasteiger partial charge in [0.05, 0.1) is 18.0 Å². The zero-order valence-electron chi connectivity index (χ0n) is 9.06. The van der Waals surface area contributed by atoms with E-state index in [1.807, 2.05) is 0 Å². The molecule has 86 valence electrons. The summed E-state index contributed by atoms with van der Waals surface area (Å²) in [4.78, 5) is 0. The van der Waals surface area contributed by atoms with E-state index >= 15 is 0 Å². The van der Waals surface area contributed by atoms with Crippen LogP contribution in [0, 0.1) is 5.92 Å². The van der Waals surface area contributed by atoms with Crippen LogP contribution in [-0.4, -0.2) is 26.4 Å². The molecule has 0 aromatic carbocycles. The van der Waals surface area contributed by atoms with Crippen LogP contribution in [0.15, 0.2) is 11.5 Å². The topological polar surface area (TPSA) is 43.4 Å². The Labute approximate surface area is 91.4 Å². The van der Waals surface area contributed by atoms with Crippen LogP contribution in [0.3, 0.4) is 0 Å². The van der Waals surface area contributed by atoms with Gasteiger partial charge < -0.3 is 4.74 Å². The molecule has 3 unspecified atom stereocenters. The molecule has 0 radical (unpaired) electrons. The van der Waals surface area contributed by atoms with Crippen molar-refractivity contribution in [2.45, 2.75) is 44.8 Å². The standard InChI is InChI=1S/C11H18O3S/c1-9-4-2-3-5-11(9)14-10-6-7-15(12,13)8-10/h6-7,9-11H,2-5,8H2,1H3. The van der Waals surface area contributed by atoms with Crippen LogP contribution in [-0.2, 0) is 14.6 Å². The summed E-state index contributed by atoms with van der Waals surface area (Å²) in [6, 6.07) is 0. The first kappa shape index (κ1) is 11.1. The molecule has 0 amide bonds. The van der Waals surface area contributed by atoms with E-state index in [1.165, 1.54) is 24.7 Å². The molecule has 15 heavy (non-hydrogen) atoms. The minimum Gasteiger partial charge on any atom is -0.370 e. The van der Waals surface area contributed by atoms with Crippen LogP contribution in [0.5, 0.6) is 0 Å². The lowest BCUT2D eigenvalue weighted by Crippen LogP contribution is -2.30. The van der Waals surface area contributed by atoms with Gasteiger partial charge in [-0.1, -0.05) is 19.8 Å². The first-order valence-electron chi connectivity index (χ1n) is 5.63. The van der Waals surface area contributed by atoms with Crippen molar-refractivity contribution in [1.29, 1.82) is 0 Å². The summed E-state index contributed by atoms with van der Waals surface area (Å²) in [5.74, 6) is 0.700. The maximum atomic E-state index is 11.2. The highest BCUT2D eigenvalue weighted by atomic mass is 32.2. The third kappa shape index (κ3) is 2.82. The van der Waals surface area contributed by atoms with Crippen LogP contribution in [0.2, 0.25) is 0 Å². The van der Waals surface area contributed by atoms with Gasteiger partial charge in [0.2, 0.25) is 0 Å². The molecule has 3 nitrogen and oxygen atoms in total. The Hall–Kier alpha value is -0.350. The van der Waals surface area contributed by atoms with Crippen molar-refractivity contribution >= 4 is 9.84 Å². The molecule has 1 fully saturated rings. The van der Waals surface area contributed by atoms with Crippen molar-refractivity contribution in [3.05, 3.63) is 11.5 Å². The van der Waals surface area contributed by atoms with Gasteiger partial charge in [-0.05, 0) is 24.8 Å². The van der Waals surface area contributed by atoms with Gasteiger partial charge in [-0.3, -0.25) is 0 Å². The number of ether oxygens (including phenoxy) is 1. The molecule has 0 N–H and O–H groups in total. The second kappa shape index (κ2) is 4.26. The van der Waals surface area contributed by atoms with E-state index in [-0.39, 0.29) is 18.0 Å². The normalized spacial score (nSPS) is 39.4. The largest absolute Gasteiger partial charge is 0.370 e. The first-order chi connectivity index (χ1) is 7.07. The average Bonchev–Trinajstić information content (AvgIpc) is 2.50. The van der Waals surface area contributed by atoms with Crippen molar-refractivity contribution in [1.82, 2.24) is 0 Å². The van der Waals surface area contributed by atoms with E-state index in [0.29, 0.717) is 5.92 Å². The van der Waals surface area contributed by atoms with E-state index in [1.54, 1.807) is 6.08 Å². The lowest BCUT2D eigenvalue weighted by atomic mass is 9.88. The molecule has 1 aliphatic heterocycles. The first-order valence-corrected chi connectivity index (χ1v) is 7.35.